The first-order valence-corrected chi connectivity index (χ1v) is 10.9. The maximum absolute atomic E-state index is 12.7. The first kappa shape index (κ1) is 21.6. The van der Waals surface area contributed by atoms with E-state index in [-0.39, 0.29) is 23.0 Å². The number of hydrogen-bond donors (Lipinski definition) is 1. The average molecular weight is 456 g/mol. The SMILES string of the molecule is O=c1ccc(-c2ccc(OC(F)(F)F)cc2)c2n1C[C@@H]1C[C@@H]2CN(Cc2ccccc2O)C1. The highest BCUT2D eigenvalue weighted by Gasteiger charge is 2.36. The molecule has 2 aliphatic rings. The first-order chi connectivity index (χ1) is 15.8. The fraction of sp³-hybridized carbons (Fsp3) is 0.320. The number of phenols is 1. The van der Waals surface area contributed by atoms with Gasteiger partial charge in [-0.25, -0.2) is 0 Å². The molecular weight excluding hydrogens is 433 g/mol. The van der Waals surface area contributed by atoms with Gasteiger partial charge in [0, 0.05) is 55.0 Å². The lowest BCUT2D eigenvalue weighted by atomic mass is 9.80. The Morgan fingerprint density at radius 1 is 0.970 bits per heavy atom. The number of piperidine rings is 1. The van der Waals surface area contributed by atoms with Crippen LogP contribution in [-0.2, 0) is 13.1 Å². The van der Waals surface area contributed by atoms with E-state index in [1.807, 2.05) is 16.7 Å². The molecule has 172 valence electrons. The Morgan fingerprint density at radius 2 is 1.73 bits per heavy atom. The third-order valence-corrected chi connectivity index (χ3v) is 6.45. The number of phenolic OH excluding ortho intramolecular Hbond substituents is 1. The van der Waals surface area contributed by atoms with Crippen molar-refractivity contribution in [2.24, 2.45) is 5.92 Å². The van der Waals surface area contributed by atoms with Crippen LogP contribution in [0.4, 0.5) is 13.2 Å². The van der Waals surface area contributed by atoms with Gasteiger partial charge in [0.1, 0.15) is 11.5 Å². The van der Waals surface area contributed by atoms with Crippen molar-refractivity contribution in [2.75, 3.05) is 13.1 Å². The molecule has 0 unspecified atom stereocenters. The summed E-state index contributed by atoms with van der Waals surface area (Å²) in [5, 5.41) is 10.2. The molecule has 3 aromatic rings. The number of alkyl halides is 3. The lowest BCUT2D eigenvalue weighted by Crippen LogP contribution is -2.47. The van der Waals surface area contributed by atoms with E-state index in [2.05, 4.69) is 9.64 Å². The molecule has 1 aromatic heterocycles. The van der Waals surface area contributed by atoms with Crippen molar-refractivity contribution < 1.29 is 23.0 Å². The van der Waals surface area contributed by atoms with Gasteiger partial charge < -0.3 is 14.4 Å². The molecule has 5 rings (SSSR count). The van der Waals surface area contributed by atoms with Crippen LogP contribution in [0.1, 0.15) is 23.6 Å². The second kappa shape index (κ2) is 8.26. The number of pyridine rings is 1. The molecular formula is C25H23F3N2O3. The predicted octanol–water partition coefficient (Wildman–Crippen LogP) is 4.74. The first-order valence-electron chi connectivity index (χ1n) is 10.9. The Labute approximate surface area is 188 Å². The summed E-state index contributed by atoms with van der Waals surface area (Å²) >= 11 is 0. The third-order valence-electron chi connectivity index (χ3n) is 6.45. The summed E-state index contributed by atoms with van der Waals surface area (Å²) in [7, 11) is 0. The quantitative estimate of drug-likeness (QED) is 0.616. The van der Waals surface area contributed by atoms with Gasteiger partial charge in [-0.1, -0.05) is 30.3 Å². The predicted molar refractivity (Wildman–Crippen MR) is 117 cm³/mol. The van der Waals surface area contributed by atoms with Gasteiger partial charge in [-0.2, -0.15) is 0 Å². The lowest BCUT2D eigenvalue weighted by Gasteiger charge is -2.43. The van der Waals surface area contributed by atoms with Crippen molar-refractivity contribution in [2.45, 2.75) is 31.8 Å². The molecule has 1 N–H and O–H groups in total. The number of aromatic nitrogens is 1. The highest BCUT2D eigenvalue weighted by molar-refractivity contribution is 5.67. The number of fused-ring (bicyclic) bond motifs is 4. The van der Waals surface area contributed by atoms with Gasteiger partial charge in [0.2, 0.25) is 0 Å². The largest absolute Gasteiger partial charge is 0.573 e. The van der Waals surface area contributed by atoms with Gasteiger partial charge in [-0.3, -0.25) is 9.69 Å². The maximum atomic E-state index is 12.7. The Bertz CT molecular complexity index is 1220. The molecule has 0 radical (unpaired) electrons. The van der Waals surface area contributed by atoms with Crippen LogP contribution in [0, 0.1) is 5.92 Å². The molecule has 0 saturated carbocycles. The van der Waals surface area contributed by atoms with Crippen LogP contribution < -0.4 is 10.3 Å². The summed E-state index contributed by atoms with van der Waals surface area (Å²) in [5.41, 5.74) is 3.31. The van der Waals surface area contributed by atoms with Crippen LogP contribution in [0.25, 0.3) is 11.1 Å². The fourth-order valence-electron chi connectivity index (χ4n) is 5.21. The van der Waals surface area contributed by atoms with Gasteiger partial charge in [0.25, 0.3) is 5.56 Å². The summed E-state index contributed by atoms with van der Waals surface area (Å²) in [6.45, 7) is 2.79. The molecule has 2 aliphatic heterocycles. The summed E-state index contributed by atoms with van der Waals surface area (Å²) < 4.78 is 43.3. The number of halogens is 3. The number of likely N-dealkylation sites (tertiary alicyclic amines) is 1. The van der Waals surface area contributed by atoms with E-state index in [1.165, 1.54) is 18.2 Å². The zero-order valence-electron chi connectivity index (χ0n) is 17.8. The second-order valence-corrected chi connectivity index (χ2v) is 8.77. The van der Waals surface area contributed by atoms with Gasteiger partial charge >= 0.3 is 6.36 Å². The molecule has 33 heavy (non-hydrogen) atoms. The third kappa shape index (κ3) is 4.48. The Balaban J connectivity index is 1.46. The number of benzene rings is 2. The van der Waals surface area contributed by atoms with Crippen LogP contribution in [0.2, 0.25) is 0 Å². The van der Waals surface area contributed by atoms with Crippen LogP contribution in [0.15, 0.2) is 65.5 Å². The summed E-state index contributed by atoms with van der Waals surface area (Å²) in [6.07, 6.45) is -3.79. The molecule has 2 aromatic carbocycles. The minimum atomic E-state index is -4.74. The highest BCUT2D eigenvalue weighted by Crippen LogP contribution is 2.41. The molecule has 0 aliphatic carbocycles. The molecule has 2 bridgehead atoms. The van der Waals surface area contributed by atoms with Crippen molar-refractivity contribution >= 4 is 0 Å². The molecule has 1 saturated heterocycles. The zero-order chi connectivity index (χ0) is 23.2. The molecule has 3 heterocycles. The Kier molecular flexibility index (Phi) is 5.40. The van der Waals surface area contributed by atoms with E-state index in [0.29, 0.717) is 19.0 Å². The standard InChI is InChI=1S/C25H23F3N2O3/c26-25(27,28)33-20-7-5-17(6-8-20)21-9-10-23(32)30-13-16-11-19(24(21)30)15-29(12-16)14-18-3-1-2-4-22(18)31/h1-10,16,19,31H,11-15H2/t16-,19-/m1/s1. The van der Waals surface area contributed by atoms with Gasteiger partial charge in [0.15, 0.2) is 0 Å². The van der Waals surface area contributed by atoms with E-state index in [9.17, 15) is 23.1 Å². The number of ether oxygens (including phenoxy) is 1. The number of aromatic hydroxyl groups is 1. The number of nitrogens with zero attached hydrogens (tertiary/aromatic N) is 2. The van der Waals surface area contributed by atoms with E-state index < -0.39 is 6.36 Å². The van der Waals surface area contributed by atoms with Gasteiger partial charge in [-0.15, -0.1) is 13.2 Å². The molecule has 8 heteroatoms. The van der Waals surface area contributed by atoms with Gasteiger partial charge in [-0.05, 0) is 42.2 Å². The average Bonchev–Trinajstić information content (AvgIpc) is 2.76. The summed E-state index contributed by atoms with van der Waals surface area (Å²) in [4.78, 5) is 15.0. The second-order valence-electron chi connectivity index (χ2n) is 8.77. The zero-order valence-corrected chi connectivity index (χ0v) is 17.8. The number of rotatable bonds is 4. The molecule has 1 fully saturated rings. The normalized spacial score (nSPS) is 20.3. The summed E-state index contributed by atoms with van der Waals surface area (Å²) in [6, 6.07) is 16.3. The van der Waals surface area contributed by atoms with E-state index >= 15 is 0 Å². The van der Waals surface area contributed by atoms with E-state index in [4.69, 9.17) is 0 Å². The van der Waals surface area contributed by atoms with Crippen LogP contribution in [-0.4, -0.2) is 34.0 Å². The Morgan fingerprint density at radius 3 is 2.45 bits per heavy atom. The minimum Gasteiger partial charge on any atom is -0.508 e. The summed E-state index contributed by atoms with van der Waals surface area (Å²) in [5.74, 6) is 0.419. The molecule has 5 nitrogen and oxygen atoms in total. The van der Waals surface area contributed by atoms with Crippen molar-refractivity contribution in [3.05, 3.63) is 82.3 Å². The van der Waals surface area contributed by atoms with Gasteiger partial charge in [0.05, 0.1) is 0 Å². The minimum absolute atomic E-state index is 0.0605. The molecule has 2 atom stereocenters. The molecule has 0 amide bonds. The van der Waals surface area contributed by atoms with Crippen LogP contribution in [0.3, 0.4) is 0 Å². The van der Waals surface area contributed by atoms with Crippen molar-refractivity contribution in [3.8, 4) is 22.6 Å². The number of hydrogen-bond acceptors (Lipinski definition) is 4. The van der Waals surface area contributed by atoms with Crippen molar-refractivity contribution in [1.29, 1.82) is 0 Å². The monoisotopic (exact) mass is 456 g/mol. The van der Waals surface area contributed by atoms with Crippen molar-refractivity contribution in [1.82, 2.24) is 9.47 Å². The van der Waals surface area contributed by atoms with E-state index in [1.54, 1.807) is 30.3 Å². The van der Waals surface area contributed by atoms with Crippen LogP contribution in [0.5, 0.6) is 11.5 Å². The van der Waals surface area contributed by atoms with Crippen molar-refractivity contribution in [3.63, 3.8) is 0 Å². The Hall–Kier alpha value is -3.26. The van der Waals surface area contributed by atoms with Crippen LogP contribution >= 0.6 is 0 Å². The van der Waals surface area contributed by atoms with E-state index in [0.717, 1.165) is 41.9 Å². The topological polar surface area (TPSA) is 54.7 Å². The highest BCUT2D eigenvalue weighted by atomic mass is 19.4. The fourth-order valence-corrected chi connectivity index (χ4v) is 5.21. The smallest absolute Gasteiger partial charge is 0.508 e. The number of para-hydroxylation sites is 1. The molecule has 0 spiro atoms. The lowest BCUT2D eigenvalue weighted by molar-refractivity contribution is -0.274. The maximum Gasteiger partial charge on any atom is 0.573 e.